The summed E-state index contributed by atoms with van der Waals surface area (Å²) in [5.41, 5.74) is 1.71. The topological polar surface area (TPSA) is 0 Å². The van der Waals surface area contributed by atoms with Crippen LogP contribution in [0.3, 0.4) is 0 Å². The van der Waals surface area contributed by atoms with Gasteiger partial charge in [0, 0.05) is 5.25 Å². The number of hydrogen-bond donors (Lipinski definition) is 0. The van der Waals surface area contributed by atoms with Crippen molar-refractivity contribution in [2.45, 2.75) is 32.4 Å². The van der Waals surface area contributed by atoms with Gasteiger partial charge in [-0.05, 0) is 33.8 Å². The monoisotopic (exact) mass is 278 g/mol. The molecule has 0 N–H and O–H groups in total. The van der Waals surface area contributed by atoms with Gasteiger partial charge >= 0.3 is 0 Å². The van der Waals surface area contributed by atoms with Crippen LogP contribution in [0.4, 0.5) is 0 Å². The van der Waals surface area contributed by atoms with Crippen LogP contribution in [0.1, 0.15) is 38.0 Å². The van der Waals surface area contributed by atoms with E-state index in [0.29, 0.717) is 5.25 Å². The molecule has 98 valence electrons. The first-order chi connectivity index (χ1) is 8.57. The summed E-state index contributed by atoms with van der Waals surface area (Å²) in [6.07, 6.45) is 3.80. The van der Waals surface area contributed by atoms with Crippen molar-refractivity contribution in [3.05, 3.63) is 46.9 Å². The molecule has 18 heavy (non-hydrogen) atoms. The molecule has 2 rings (SSSR count). The lowest BCUT2D eigenvalue weighted by atomic mass is 9.94. The molecule has 1 atom stereocenters. The van der Waals surface area contributed by atoms with Crippen LogP contribution in [0.5, 0.6) is 0 Å². The minimum absolute atomic E-state index is 0.273. The van der Waals surface area contributed by atoms with Crippen LogP contribution in [-0.2, 0) is 0 Å². The minimum Gasteiger partial charge on any atom is -0.150 e. The molecule has 1 unspecified atom stereocenters. The van der Waals surface area contributed by atoms with Crippen LogP contribution >= 0.6 is 23.5 Å². The Balaban J connectivity index is 2.29. The van der Waals surface area contributed by atoms with E-state index in [-0.39, 0.29) is 5.41 Å². The highest BCUT2D eigenvalue weighted by Gasteiger charge is 2.21. The number of rotatable bonds is 1. The van der Waals surface area contributed by atoms with Gasteiger partial charge in [0.1, 0.15) is 0 Å². The van der Waals surface area contributed by atoms with Crippen molar-refractivity contribution in [3.8, 4) is 0 Å². The van der Waals surface area contributed by atoms with Crippen LogP contribution in [0.2, 0.25) is 0 Å². The smallest absolute Gasteiger partial charge is 0.0488 e. The van der Waals surface area contributed by atoms with E-state index in [4.69, 9.17) is 0 Å². The number of allylic oxidation sites excluding steroid dienone is 1. The molecule has 0 bridgehead atoms. The fourth-order valence-electron chi connectivity index (χ4n) is 1.99. The lowest BCUT2D eigenvalue weighted by molar-refractivity contribution is 0.531. The average molecular weight is 278 g/mol. The molecule has 1 aromatic carbocycles. The summed E-state index contributed by atoms with van der Waals surface area (Å²) in [6.45, 7) is 6.96. The quantitative estimate of drug-likeness (QED) is 0.662. The highest BCUT2D eigenvalue weighted by atomic mass is 32.2. The lowest BCUT2D eigenvalue weighted by Gasteiger charge is -2.27. The van der Waals surface area contributed by atoms with Gasteiger partial charge in [-0.2, -0.15) is 0 Å². The summed E-state index contributed by atoms with van der Waals surface area (Å²) in [5, 5.41) is 0.522. The van der Waals surface area contributed by atoms with Crippen molar-refractivity contribution in [3.63, 3.8) is 0 Å². The molecule has 0 aromatic heterocycles. The van der Waals surface area contributed by atoms with Gasteiger partial charge in [0.15, 0.2) is 0 Å². The Hall–Kier alpha value is -0.340. The summed E-state index contributed by atoms with van der Waals surface area (Å²) >= 11 is 4.13. The van der Waals surface area contributed by atoms with Crippen LogP contribution in [0, 0.1) is 5.41 Å². The van der Waals surface area contributed by atoms with Crippen molar-refractivity contribution in [1.29, 1.82) is 0 Å². The molecule has 0 saturated heterocycles. The van der Waals surface area contributed by atoms with E-state index in [1.54, 1.807) is 4.91 Å². The average Bonchev–Trinajstić information content (AvgIpc) is 2.28. The normalized spacial score (nSPS) is 24.8. The lowest BCUT2D eigenvalue weighted by Crippen LogP contribution is -2.10. The zero-order valence-corrected chi connectivity index (χ0v) is 13.1. The van der Waals surface area contributed by atoms with Crippen molar-refractivity contribution in [2.75, 3.05) is 11.5 Å². The maximum atomic E-state index is 2.49. The number of thioether (sulfide) groups is 2. The molecule has 0 nitrogen and oxygen atoms in total. The van der Waals surface area contributed by atoms with Gasteiger partial charge in [0.05, 0.1) is 0 Å². The molecule has 0 radical (unpaired) electrons. The standard InChI is InChI=1S/C16H22S2/c1-16(2,3)15-12-14(17-10-7-11-18-15)13-8-5-4-6-9-13/h4-6,8-9,12,14H,7,10-11H2,1-3H3/b15-12-. The largest absolute Gasteiger partial charge is 0.150 e. The molecule has 0 fully saturated rings. The van der Waals surface area contributed by atoms with Crippen LogP contribution in [-0.4, -0.2) is 11.5 Å². The van der Waals surface area contributed by atoms with Gasteiger partial charge < -0.3 is 0 Å². The van der Waals surface area contributed by atoms with E-state index in [1.807, 2.05) is 0 Å². The van der Waals surface area contributed by atoms with Crippen molar-refractivity contribution < 1.29 is 0 Å². The molecule has 0 saturated carbocycles. The summed E-state index contributed by atoms with van der Waals surface area (Å²) in [5.74, 6) is 2.53. The second kappa shape index (κ2) is 6.21. The van der Waals surface area contributed by atoms with Gasteiger partial charge in [-0.3, -0.25) is 0 Å². The summed E-state index contributed by atoms with van der Waals surface area (Å²) in [6, 6.07) is 10.9. The van der Waals surface area contributed by atoms with Crippen LogP contribution < -0.4 is 0 Å². The molecule has 2 heteroatoms. The Morgan fingerprint density at radius 2 is 1.78 bits per heavy atom. The van der Waals surface area contributed by atoms with Crippen LogP contribution in [0.25, 0.3) is 0 Å². The van der Waals surface area contributed by atoms with E-state index in [1.165, 1.54) is 23.5 Å². The maximum absolute atomic E-state index is 2.49. The molecular formula is C16H22S2. The Bertz CT molecular complexity index is 401. The van der Waals surface area contributed by atoms with E-state index < -0.39 is 0 Å². The van der Waals surface area contributed by atoms with E-state index in [0.717, 1.165) is 0 Å². The predicted octanol–water partition coefficient (Wildman–Crippen LogP) is 5.53. The Morgan fingerprint density at radius 1 is 1.06 bits per heavy atom. The second-order valence-corrected chi connectivity index (χ2v) is 8.07. The fourth-order valence-corrected chi connectivity index (χ4v) is 4.58. The molecular weight excluding hydrogens is 256 g/mol. The van der Waals surface area contributed by atoms with Crippen LogP contribution in [0.15, 0.2) is 41.3 Å². The third-order valence-corrected chi connectivity index (χ3v) is 5.86. The Morgan fingerprint density at radius 3 is 2.44 bits per heavy atom. The van der Waals surface area contributed by atoms with Gasteiger partial charge in [0.25, 0.3) is 0 Å². The van der Waals surface area contributed by atoms with Gasteiger partial charge in [-0.15, -0.1) is 23.5 Å². The molecule has 0 spiro atoms. The molecule has 0 aliphatic carbocycles. The maximum Gasteiger partial charge on any atom is 0.0488 e. The first-order valence-corrected chi connectivity index (χ1v) is 8.62. The van der Waals surface area contributed by atoms with E-state index >= 15 is 0 Å². The Kier molecular flexibility index (Phi) is 4.85. The van der Waals surface area contributed by atoms with Gasteiger partial charge in [0.2, 0.25) is 0 Å². The molecule has 1 heterocycles. The van der Waals surface area contributed by atoms with Crippen molar-refractivity contribution in [1.82, 2.24) is 0 Å². The number of benzene rings is 1. The summed E-state index contributed by atoms with van der Waals surface area (Å²) < 4.78 is 0. The second-order valence-electron chi connectivity index (χ2n) is 5.69. The molecule has 1 aromatic rings. The zero-order valence-electron chi connectivity index (χ0n) is 11.5. The van der Waals surface area contributed by atoms with Crippen molar-refractivity contribution >= 4 is 23.5 Å². The van der Waals surface area contributed by atoms with Crippen molar-refractivity contribution in [2.24, 2.45) is 5.41 Å². The minimum atomic E-state index is 0.273. The zero-order chi connectivity index (χ0) is 13.0. The van der Waals surface area contributed by atoms with E-state index in [9.17, 15) is 0 Å². The third-order valence-electron chi connectivity index (χ3n) is 3.01. The predicted molar refractivity (Wildman–Crippen MR) is 86.3 cm³/mol. The molecule has 1 aliphatic heterocycles. The van der Waals surface area contributed by atoms with E-state index in [2.05, 4.69) is 80.7 Å². The third kappa shape index (κ3) is 3.83. The molecule has 1 aliphatic rings. The SMILES string of the molecule is CC(C)(C)/C1=C/C(c2ccccc2)SCCCS1. The first kappa shape index (κ1) is 14.1. The highest BCUT2D eigenvalue weighted by Crippen LogP contribution is 2.42. The summed E-state index contributed by atoms with van der Waals surface area (Å²) in [4.78, 5) is 1.54. The van der Waals surface area contributed by atoms with Gasteiger partial charge in [-0.1, -0.05) is 57.2 Å². The number of hydrogen-bond acceptors (Lipinski definition) is 2. The summed E-state index contributed by atoms with van der Waals surface area (Å²) in [7, 11) is 0. The fraction of sp³-hybridized carbons (Fsp3) is 0.500. The van der Waals surface area contributed by atoms with Gasteiger partial charge in [-0.25, -0.2) is 0 Å². The molecule has 0 amide bonds. The Labute approximate surface area is 120 Å². The first-order valence-electron chi connectivity index (χ1n) is 6.59. The highest BCUT2D eigenvalue weighted by molar-refractivity contribution is 8.03.